The van der Waals surface area contributed by atoms with Crippen LogP contribution in [0.2, 0.25) is 0 Å². The van der Waals surface area contributed by atoms with Crippen LogP contribution in [0.4, 0.5) is 13.2 Å². The van der Waals surface area contributed by atoms with Crippen LogP contribution < -0.4 is 0 Å². The standard InChI is InChI=1S/C7H4BrF3O4S/c8-3-1-4(7(9,10)11)6(12)5(2-3)16(13,14)15/h1-2,12H,(H,13,14,15). The first kappa shape index (κ1) is 13.3. The van der Waals surface area contributed by atoms with Gasteiger partial charge < -0.3 is 5.11 Å². The van der Waals surface area contributed by atoms with E-state index in [1.54, 1.807) is 0 Å². The summed E-state index contributed by atoms with van der Waals surface area (Å²) in [5, 5.41) is 9.10. The summed E-state index contributed by atoms with van der Waals surface area (Å²) in [6, 6.07) is 1.17. The minimum Gasteiger partial charge on any atom is -0.506 e. The molecule has 0 aliphatic heterocycles. The summed E-state index contributed by atoms with van der Waals surface area (Å²) >= 11 is 2.65. The third-order valence-corrected chi connectivity index (χ3v) is 2.95. The molecule has 0 amide bonds. The van der Waals surface area contributed by atoms with Crippen molar-refractivity contribution in [2.75, 3.05) is 0 Å². The van der Waals surface area contributed by atoms with Crippen molar-refractivity contribution in [1.82, 2.24) is 0 Å². The average molecular weight is 321 g/mol. The first-order valence-corrected chi connectivity index (χ1v) is 5.84. The van der Waals surface area contributed by atoms with Gasteiger partial charge in [-0.3, -0.25) is 4.55 Å². The largest absolute Gasteiger partial charge is 0.506 e. The maximum atomic E-state index is 12.3. The predicted octanol–water partition coefficient (Wildman–Crippen LogP) is 2.42. The lowest BCUT2D eigenvalue weighted by atomic mass is 10.2. The molecule has 0 aliphatic carbocycles. The Hall–Kier alpha value is -0.800. The Bertz CT molecular complexity index is 523. The first-order chi connectivity index (χ1) is 7.03. The van der Waals surface area contributed by atoms with E-state index in [0.29, 0.717) is 12.1 Å². The van der Waals surface area contributed by atoms with Gasteiger partial charge in [0.25, 0.3) is 10.1 Å². The summed E-state index contributed by atoms with van der Waals surface area (Å²) < 4.78 is 66.8. The van der Waals surface area contributed by atoms with Crippen molar-refractivity contribution in [2.45, 2.75) is 11.1 Å². The summed E-state index contributed by atoms with van der Waals surface area (Å²) in [7, 11) is -4.92. The lowest BCUT2D eigenvalue weighted by Crippen LogP contribution is -2.08. The number of hydrogen-bond acceptors (Lipinski definition) is 3. The molecule has 0 spiro atoms. The van der Waals surface area contributed by atoms with E-state index in [9.17, 15) is 21.6 Å². The molecule has 1 aromatic rings. The van der Waals surface area contributed by atoms with E-state index in [0.717, 1.165) is 0 Å². The second kappa shape index (κ2) is 3.90. The third-order valence-electron chi connectivity index (χ3n) is 1.62. The molecule has 0 aromatic heterocycles. The smallest absolute Gasteiger partial charge is 0.420 e. The van der Waals surface area contributed by atoms with Gasteiger partial charge in [0.05, 0.1) is 5.56 Å². The Morgan fingerprint density at radius 2 is 1.75 bits per heavy atom. The number of rotatable bonds is 1. The molecule has 16 heavy (non-hydrogen) atoms. The molecule has 4 nitrogen and oxygen atoms in total. The van der Waals surface area contributed by atoms with E-state index in [4.69, 9.17) is 9.66 Å². The fraction of sp³-hybridized carbons (Fsp3) is 0.143. The van der Waals surface area contributed by atoms with E-state index >= 15 is 0 Å². The van der Waals surface area contributed by atoms with Crippen molar-refractivity contribution < 1.29 is 31.2 Å². The van der Waals surface area contributed by atoms with Crippen LogP contribution in [0.5, 0.6) is 5.75 Å². The monoisotopic (exact) mass is 320 g/mol. The maximum absolute atomic E-state index is 12.3. The molecule has 0 aliphatic rings. The molecule has 0 unspecified atom stereocenters. The zero-order valence-corrected chi connectivity index (χ0v) is 9.69. The van der Waals surface area contributed by atoms with E-state index < -0.39 is 32.5 Å². The van der Waals surface area contributed by atoms with Gasteiger partial charge in [0.15, 0.2) is 0 Å². The first-order valence-electron chi connectivity index (χ1n) is 3.60. The van der Waals surface area contributed by atoms with Crippen molar-refractivity contribution in [3.05, 3.63) is 22.2 Å². The summed E-state index contributed by atoms with van der Waals surface area (Å²) in [5.74, 6) is -1.53. The molecular formula is C7H4BrF3O4S. The molecule has 0 saturated carbocycles. The van der Waals surface area contributed by atoms with E-state index in [-0.39, 0.29) is 4.47 Å². The Kier molecular flexibility index (Phi) is 3.23. The third kappa shape index (κ3) is 2.66. The Labute approximate surface area is 96.6 Å². The number of alkyl halides is 3. The number of hydrogen-bond donors (Lipinski definition) is 2. The van der Waals surface area contributed by atoms with Crippen LogP contribution in [0, 0.1) is 0 Å². The summed E-state index contributed by atoms with van der Waals surface area (Å²) in [5.41, 5.74) is -1.55. The van der Waals surface area contributed by atoms with Gasteiger partial charge in [-0.05, 0) is 12.1 Å². The van der Waals surface area contributed by atoms with Crippen molar-refractivity contribution in [2.24, 2.45) is 0 Å². The van der Waals surface area contributed by atoms with Crippen LogP contribution in [-0.2, 0) is 16.3 Å². The van der Waals surface area contributed by atoms with Crippen LogP contribution in [-0.4, -0.2) is 18.1 Å². The van der Waals surface area contributed by atoms with Crippen molar-refractivity contribution in [3.8, 4) is 5.75 Å². The lowest BCUT2D eigenvalue weighted by molar-refractivity contribution is -0.139. The van der Waals surface area contributed by atoms with Gasteiger partial charge in [-0.25, -0.2) is 0 Å². The van der Waals surface area contributed by atoms with Crippen LogP contribution in [0.3, 0.4) is 0 Å². The quantitative estimate of drug-likeness (QED) is 0.779. The highest BCUT2D eigenvalue weighted by Gasteiger charge is 2.37. The average Bonchev–Trinajstić information content (AvgIpc) is 2.04. The van der Waals surface area contributed by atoms with Gasteiger partial charge >= 0.3 is 6.18 Å². The maximum Gasteiger partial charge on any atom is 0.420 e. The van der Waals surface area contributed by atoms with Gasteiger partial charge in [-0.1, -0.05) is 15.9 Å². The van der Waals surface area contributed by atoms with E-state index in [1.807, 2.05) is 0 Å². The second-order valence-corrected chi connectivity index (χ2v) is 5.08. The minimum atomic E-state index is -4.92. The molecular weight excluding hydrogens is 317 g/mol. The summed E-state index contributed by atoms with van der Waals surface area (Å²) in [6.45, 7) is 0. The van der Waals surface area contributed by atoms with Crippen LogP contribution >= 0.6 is 15.9 Å². The molecule has 0 bridgehead atoms. The molecule has 0 fully saturated rings. The Balaban J connectivity index is 3.64. The van der Waals surface area contributed by atoms with Gasteiger partial charge in [-0.2, -0.15) is 21.6 Å². The number of halogens is 4. The fourth-order valence-corrected chi connectivity index (χ4v) is 2.23. The van der Waals surface area contributed by atoms with Gasteiger partial charge in [0.1, 0.15) is 10.6 Å². The number of phenols is 1. The highest BCUT2D eigenvalue weighted by atomic mass is 79.9. The van der Waals surface area contributed by atoms with E-state index in [1.165, 1.54) is 0 Å². The molecule has 1 rings (SSSR count). The molecule has 0 radical (unpaired) electrons. The summed E-state index contributed by atoms with van der Waals surface area (Å²) in [6.07, 6.45) is -4.92. The highest BCUT2D eigenvalue weighted by molar-refractivity contribution is 9.10. The van der Waals surface area contributed by atoms with Gasteiger partial charge in [-0.15, -0.1) is 0 Å². The SMILES string of the molecule is O=S(=O)(O)c1cc(Br)cc(C(F)(F)F)c1O. The molecule has 0 saturated heterocycles. The predicted molar refractivity (Wildman–Crippen MR) is 50.6 cm³/mol. The van der Waals surface area contributed by atoms with E-state index in [2.05, 4.69) is 15.9 Å². The molecule has 0 atom stereocenters. The highest BCUT2D eigenvalue weighted by Crippen LogP contribution is 2.40. The van der Waals surface area contributed by atoms with Crippen LogP contribution in [0.25, 0.3) is 0 Å². The molecule has 0 heterocycles. The topological polar surface area (TPSA) is 74.6 Å². The molecule has 90 valence electrons. The van der Waals surface area contributed by atoms with Crippen molar-refractivity contribution in [3.63, 3.8) is 0 Å². The minimum absolute atomic E-state index is 0.231. The molecule has 9 heteroatoms. The number of benzene rings is 1. The van der Waals surface area contributed by atoms with Crippen molar-refractivity contribution in [1.29, 1.82) is 0 Å². The molecule has 1 aromatic carbocycles. The zero-order valence-electron chi connectivity index (χ0n) is 7.29. The zero-order chi connectivity index (χ0) is 12.7. The Morgan fingerprint density at radius 1 is 1.25 bits per heavy atom. The molecule has 2 N–H and O–H groups in total. The van der Waals surface area contributed by atoms with Crippen LogP contribution in [0.15, 0.2) is 21.5 Å². The normalized spacial score (nSPS) is 12.8. The number of aromatic hydroxyl groups is 1. The lowest BCUT2D eigenvalue weighted by Gasteiger charge is -2.11. The van der Waals surface area contributed by atoms with Crippen molar-refractivity contribution >= 4 is 26.0 Å². The van der Waals surface area contributed by atoms with Gasteiger partial charge in [0.2, 0.25) is 0 Å². The Morgan fingerprint density at radius 3 is 2.12 bits per heavy atom. The van der Waals surface area contributed by atoms with Gasteiger partial charge in [0, 0.05) is 4.47 Å². The number of phenolic OH excluding ortho intramolecular Hbond substituents is 1. The summed E-state index contributed by atoms with van der Waals surface area (Å²) in [4.78, 5) is -1.20. The van der Waals surface area contributed by atoms with Crippen LogP contribution in [0.1, 0.15) is 5.56 Å². The second-order valence-electron chi connectivity index (χ2n) is 2.77. The fourth-order valence-electron chi connectivity index (χ4n) is 0.987.